The molecule has 1 heterocycles. The summed E-state index contributed by atoms with van der Waals surface area (Å²) in [5.74, 6) is 0. The third-order valence-corrected chi connectivity index (χ3v) is 7.22. The van der Waals surface area contributed by atoms with Gasteiger partial charge < -0.3 is 0 Å². The van der Waals surface area contributed by atoms with Gasteiger partial charge in [-0.1, -0.05) is 6.07 Å². The van der Waals surface area contributed by atoms with Crippen LogP contribution in [0.4, 0.5) is 0 Å². The highest BCUT2D eigenvalue weighted by Crippen LogP contribution is 2.25. The number of rotatable bonds is 5. The molecule has 0 amide bonds. The highest BCUT2D eigenvalue weighted by molar-refractivity contribution is 7.89. The van der Waals surface area contributed by atoms with Crippen LogP contribution in [-0.4, -0.2) is 36.1 Å². The van der Waals surface area contributed by atoms with Crippen molar-refractivity contribution in [2.24, 2.45) is 7.05 Å². The quantitative estimate of drug-likeness (QED) is 0.823. The molecule has 1 aliphatic rings. The molecule has 1 aromatic heterocycles. The third kappa shape index (κ3) is 3.51. The summed E-state index contributed by atoms with van der Waals surface area (Å²) in [5.41, 5.74) is 5.70. The lowest BCUT2D eigenvalue weighted by molar-refractivity contribution is 0.471. The lowest BCUT2D eigenvalue weighted by Gasteiger charge is -2.20. The van der Waals surface area contributed by atoms with E-state index in [4.69, 9.17) is 0 Å². The van der Waals surface area contributed by atoms with Gasteiger partial charge in [0, 0.05) is 26.3 Å². The second kappa shape index (κ2) is 6.92. The summed E-state index contributed by atoms with van der Waals surface area (Å²) in [6.45, 7) is 4.44. The summed E-state index contributed by atoms with van der Waals surface area (Å²) in [6.07, 6.45) is 5.06. The van der Waals surface area contributed by atoms with Crippen LogP contribution in [0.5, 0.6) is 0 Å². The summed E-state index contributed by atoms with van der Waals surface area (Å²) in [6, 6.07) is 5.63. The summed E-state index contributed by atoms with van der Waals surface area (Å²) in [7, 11) is 0.123. The van der Waals surface area contributed by atoms with Crippen LogP contribution in [0.25, 0.3) is 0 Å². The van der Waals surface area contributed by atoms with Crippen molar-refractivity contribution < 1.29 is 8.42 Å². The van der Waals surface area contributed by atoms with Crippen molar-refractivity contribution in [1.29, 1.82) is 0 Å². The van der Waals surface area contributed by atoms with Gasteiger partial charge in [0.1, 0.15) is 0 Å². The fraction of sp³-hybridized carbons (Fsp3) is 0.526. The Labute approximate surface area is 150 Å². The first-order valence-electron chi connectivity index (χ1n) is 8.88. The van der Waals surface area contributed by atoms with Crippen molar-refractivity contribution in [3.63, 3.8) is 0 Å². The second-order valence-electron chi connectivity index (χ2n) is 6.99. The minimum atomic E-state index is -3.46. The van der Waals surface area contributed by atoms with E-state index in [0.29, 0.717) is 17.9 Å². The number of fused-ring (bicyclic) bond motifs is 1. The molecular weight excluding hydrogens is 334 g/mol. The lowest BCUT2D eigenvalue weighted by atomic mass is 9.92. The van der Waals surface area contributed by atoms with Gasteiger partial charge in [-0.2, -0.15) is 5.10 Å². The molecule has 0 saturated heterocycles. The van der Waals surface area contributed by atoms with Crippen LogP contribution in [0.15, 0.2) is 23.1 Å². The van der Waals surface area contributed by atoms with Crippen molar-refractivity contribution in [2.45, 2.75) is 50.8 Å². The summed E-state index contributed by atoms with van der Waals surface area (Å²) in [4.78, 5) is 0.412. The molecule has 6 heteroatoms. The molecule has 136 valence electrons. The molecule has 0 unspecified atom stereocenters. The van der Waals surface area contributed by atoms with Gasteiger partial charge >= 0.3 is 0 Å². The molecule has 0 aliphatic heterocycles. The maximum absolute atomic E-state index is 12.9. The van der Waals surface area contributed by atoms with Crippen LogP contribution in [-0.2, 0) is 36.3 Å². The highest BCUT2D eigenvalue weighted by Gasteiger charge is 2.23. The van der Waals surface area contributed by atoms with Gasteiger partial charge in [-0.25, -0.2) is 12.7 Å². The molecule has 1 aromatic carbocycles. The summed E-state index contributed by atoms with van der Waals surface area (Å²) >= 11 is 0. The smallest absolute Gasteiger partial charge is 0.242 e. The topological polar surface area (TPSA) is 55.2 Å². The van der Waals surface area contributed by atoms with Crippen molar-refractivity contribution in [3.05, 3.63) is 46.3 Å². The fourth-order valence-corrected chi connectivity index (χ4v) is 4.84. The molecule has 2 aromatic rings. The molecular formula is C19H27N3O2S. The Morgan fingerprint density at radius 1 is 1.16 bits per heavy atom. The average Bonchev–Trinajstić information content (AvgIpc) is 2.84. The Hall–Kier alpha value is -1.66. The van der Waals surface area contributed by atoms with E-state index in [2.05, 4.69) is 5.10 Å². The first kappa shape index (κ1) is 18.1. The van der Waals surface area contributed by atoms with Gasteiger partial charge in [0.15, 0.2) is 0 Å². The Kier molecular flexibility index (Phi) is 5.02. The number of likely N-dealkylation sites (N-methyl/N-ethyl adjacent to an activating group) is 1. The standard InChI is InChI=1S/C19H27N3O2S/c1-14-19(15(2)22(4)20-14)11-12-21(3)25(23,24)18-10-9-16-7-5-6-8-17(16)13-18/h9-10,13H,5-8,11-12H2,1-4H3. The molecule has 0 atom stereocenters. The molecule has 0 bridgehead atoms. The molecule has 0 spiro atoms. The van der Waals surface area contributed by atoms with Crippen molar-refractivity contribution >= 4 is 10.0 Å². The number of aryl methyl sites for hydroxylation is 4. The second-order valence-corrected chi connectivity index (χ2v) is 9.03. The SMILES string of the molecule is Cc1nn(C)c(C)c1CCN(C)S(=O)(=O)c1ccc2c(c1)CCCC2. The average molecular weight is 362 g/mol. The number of aromatic nitrogens is 2. The molecule has 0 fully saturated rings. The number of hydrogen-bond donors (Lipinski definition) is 0. The summed E-state index contributed by atoms with van der Waals surface area (Å²) < 4.78 is 29.2. The fourth-order valence-electron chi connectivity index (χ4n) is 3.62. The van der Waals surface area contributed by atoms with Crippen LogP contribution < -0.4 is 0 Å². The Morgan fingerprint density at radius 2 is 1.84 bits per heavy atom. The van der Waals surface area contributed by atoms with E-state index in [-0.39, 0.29) is 0 Å². The van der Waals surface area contributed by atoms with Gasteiger partial charge in [0.2, 0.25) is 10.0 Å². The lowest BCUT2D eigenvalue weighted by Crippen LogP contribution is -2.29. The van der Waals surface area contributed by atoms with Gasteiger partial charge in [-0.15, -0.1) is 0 Å². The molecule has 0 radical (unpaired) electrons. The van der Waals surface area contributed by atoms with Gasteiger partial charge in [-0.3, -0.25) is 4.68 Å². The van der Waals surface area contributed by atoms with E-state index >= 15 is 0 Å². The largest absolute Gasteiger partial charge is 0.272 e. The maximum atomic E-state index is 12.9. The Bertz CT molecular complexity index is 884. The van der Waals surface area contributed by atoms with Gasteiger partial charge in [0.25, 0.3) is 0 Å². The number of benzene rings is 1. The zero-order valence-corrected chi connectivity index (χ0v) is 16.4. The molecule has 0 saturated carbocycles. The van der Waals surface area contributed by atoms with Crippen LogP contribution in [0.2, 0.25) is 0 Å². The summed E-state index contributed by atoms with van der Waals surface area (Å²) in [5, 5.41) is 4.41. The van der Waals surface area contributed by atoms with E-state index in [9.17, 15) is 8.42 Å². The van der Waals surface area contributed by atoms with Gasteiger partial charge in [0.05, 0.1) is 10.6 Å². The minimum absolute atomic E-state index is 0.412. The Balaban J connectivity index is 1.77. The molecule has 0 N–H and O–H groups in total. The zero-order chi connectivity index (χ0) is 18.2. The zero-order valence-electron chi connectivity index (χ0n) is 15.5. The number of nitrogens with zero attached hydrogens (tertiary/aromatic N) is 3. The van der Waals surface area contributed by atoms with E-state index in [0.717, 1.165) is 36.2 Å². The van der Waals surface area contributed by atoms with E-state index < -0.39 is 10.0 Å². The van der Waals surface area contributed by atoms with E-state index in [1.165, 1.54) is 21.9 Å². The Morgan fingerprint density at radius 3 is 2.48 bits per heavy atom. The van der Waals surface area contributed by atoms with Crippen molar-refractivity contribution in [1.82, 2.24) is 14.1 Å². The van der Waals surface area contributed by atoms with Gasteiger partial charge in [-0.05, 0) is 74.8 Å². The molecule has 3 rings (SSSR count). The van der Waals surface area contributed by atoms with Crippen LogP contribution in [0.1, 0.15) is 40.9 Å². The molecule has 25 heavy (non-hydrogen) atoms. The highest BCUT2D eigenvalue weighted by atomic mass is 32.2. The van der Waals surface area contributed by atoms with Crippen LogP contribution in [0, 0.1) is 13.8 Å². The number of sulfonamides is 1. The third-order valence-electron chi connectivity index (χ3n) is 5.36. The molecule has 5 nitrogen and oxygen atoms in total. The molecule has 1 aliphatic carbocycles. The maximum Gasteiger partial charge on any atom is 0.242 e. The minimum Gasteiger partial charge on any atom is -0.272 e. The van der Waals surface area contributed by atoms with Crippen molar-refractivity contribution in [3.8, 4) is 0 Å². The predicted molar refractivity (Wildman–Crippen MR) is 99.3 cm³/mol. The monoisotopic (exact) mass is 361 g/mol. The first-order valence-corrected chi connectivity index (χ1v) is 10.3. The number of hydrogen-bond acceptors (Lipinski definition) is 3. The first-order chi connectivity index (χ1) is 11.8. The predicted octanol–water partition coefficient (Wildman–Crippen LogP) is 2.78. The van der Waals surface area contributed by atoms with Crippen LogP contribution >= 0.6 is 0 Å². The van der Waals surface area contributed by atoms with Crippen LogP contribution in [0.3, 0.4) is 0 Å². The normalized spacial score (nSPS) is 14.8. The van der Waals surface area contributed by atoms with E-state index in [1.807, 2.05) is 37.7 Å². The van der Waals surface area contributed by atoms with Crippen molar-refractivity contribution in [2.75, 3.05) is 13.6 Å². The van der Waals surface area contributed by atoms with E-state index in [1.54, 1.807) is 13.1 Å².